The van der Waals surface area contributed by atoms with Crippen LogP contribution >= 0.6 is 11.8 Å². The average Bonchev–Trinajstić information content (AvgIpc) is 2.50. The van der Waals surface area contributed by atoms with Crippen molar-refractivity contribution < 1.29 is 14.1 Å². The first kappa shape index (κ1) is 17.0. The number of nitro groups is 1. The van der Waals surface area contributed by atoms with E-state index in [1.165, 1.54) is 42.1 Å². The van der Waals surface area contributed by atoms with Gasteiger partial charge < -0.3 is 5.32 Å². The first-order valence-corrected chi connectivity index (χ1v) is 7.73. The molecule has 0 bridgehead atoms. The molecule has 1 atom stereocenters. The van der Waals surface area contributed by atoms with Gasteiger partial charge in [0.05, 0.1) is 10.2 Å². The van der Waals surface area contributed by atoms with Crippen LogP contribution in [0.15, 0.2) is 47.4 Å². The van der Waals surface area contributed by atoms with Crippen LogP contribution in [0.25, 0.3) is 0 Å². The summed E-state index contributed by atoms with van der Waals surface area (Å²) in [5.74, 6) is -0.572. The van der Waals surface area contributed by atoms with E-state index in [9.17, 15) is 19.3 Å². The van der Waals surface area contributed by atoms with Gasteiger partial charge in [-0.25, -0.2) is 4.39 Å². The second kappa shape index (κ2) is 7.23. The quantitative estimate of drug-likeness (QED) is 0.506. The van der Waals surface area contributed by atoms with Crippen molar-refractivity contribution >= 4 is 29.0 Å². The number of amides is 1. The molecule has 0 aliphatic carbocycles. The first-order valence-electron chi connectivity index (χ1n) is 6.85. The highest BCUT2D eigenvalue weighted by molar-refractivity contribution is 8.00. The van der Waals surface area contributed by atoms with Crippen molar-refractivity contribution in [2.24, 2.45) is 0 Å². The molecule has 120 valence electrons. The number of nitro benzene ring substituents is 1. The fourth-order valence-electron chi connectivity index (χ4n) is 1.91. The third-order valence-corrected chi connectivity index (χ3v) is 4.29. The summed E-state index contributed by atoms with van der Waals surface area (Å²) in [7, 11) is 0. The van der Waals surface area contributed by atoms with Crippen molar-refractivity contribution in [1.82, 2.24) is 0 Å². The molecule has 0 unspecified atom stereocenters. The van der Waals surface area contributed by atoms with Crippen LogP contribution in [0.3, 0.4) is 0 Å². The van der Waals surface area contributed by atoms with Crippen LogP contribution in [-0.4, -0.2) is 16.1 Å². The van der Waals surface area contributed by atoms with Crippen LogP contribution in [0.1, 0.15) is 12.5 Å². The standard InChI is InChI=1S/C16H15FN2O3S/c1-10-9-12(17)3-8-15(10)18-16(20)11(2)23-14-6-4-13(5-7-14)19(21)22/h3-9,11H,1-2H3,(H,18,20)/t11-/m1/s1. The van der Waals surface area contributed by atoms with Gasteiger partial charge in [-0.15, -0.1) is 11.8 Å². The lowest BCUT2D eigenvalue weighted by atomic mass is 10.2. The molecule has 1 amide bonds. The van der Waals surface area contributed by atoms with Crippen LogP contribution in [0.2, 0.25) is 0 Å². The molecule has 0 fully saturated rings. The number of nitrogens with one attached hydrogen (secondary N) is 1. The summed E-state index contributed by atoms with van der Waals surface area (Å²) >= 11 is 1.29. The largest absolute Gasteiger partial charge is 0.325 e. The predicted molar refractivity (Wildman–Crippen MR) is 88.2 cm³/mol. The molecule has 0 heterocycles. The number of anilines is 1. The Bertz CT molecular complexity index is 735. The van der Waals surface area contributed by atoms with Gasteiger partial charge in [0.15, 0.2) is 0 Å². The Kier molecular flexibility index (Phi) is 5.33. The average molecular weight is 334 g/mol. The van der Waals surface area contributed by atoms with Crippen molar-refractivity contribution in [2.45, 2.75) is 24.0 Å². The lowest BCUT2D eigenvalue weighted by Gasteiger charge is -2.13. The van der Waals surface area contributed by atoms with Gasteiger partial charge in [-0.2, -0.15) is 0 Å². The Hall–Kier alpha value is -2.41. The Labute approximate surface area is 137 Å². The second-order valence-electron chi connectivity index (χ2n) is 4.96. The lowest BCUT2D eigenvalue weighted by Crippen LogP contribution is -2.22. The topological polar surface area (TPSA) is 72.2 Å². The highest BCUT2D eigenvalue weighted by Gasteiger charge is 2.16. The van der Waals surface area contributed by atoms with Crippen LogP contribution in [-0.2, 0) is 4.79 Å². The number of benzene rings is 2. The van der Waals surface area contributed by atoms with Crippen LogP contribution in [0, 0.1) is 22.9 Å². The third-order valence-electron chi connectivity index (χ3n) is 3.18. The minimum absolute atomic E-state index is 0.00777. The maximum Gasteiger partial charge on any atom is 0.269 e. The van der Waals surface area contributed by atoms with Gasteiger partial charge in [-0.05, 0) is 49.7 Å². The molecule has 0 saturated heterocycles. The van der Waals surface area contributed by atoms with Gasteiger partial charge in [0, 0.05) is 22.7 Å². The smallest absolute Gasteiger partial charge is 0.269 e. The molecular weight excluding hydrogens is 319 g/mol. The van der Waals surface area contributed by atoms with E-state index >= 15 is 0 Å². The molecule has 2 aromatic carbocycles. The maximum atomic E-state index is 13.1. The van der Waals surface area contributed by atoms with E-state index in [1.54, 1.807) is 26.0 Å². The molecular formula is C16H15FN2O3S. The first-order chi connectivity index (χ1) is 10.9. The number of halogens is 1. The number of nitrogens with zero attached hydrogens (tertiary/aromatic N) is 1. The van der Waals surface area contributed by atoms with E-state index in [0.717, 1.165) is 4.90 Å². The van der Waals surface area contributed by atoms with E-state index in [2.05, 4.69) is 5.32 Å². The molecule has 0 saturated carbocycles. The van der Waals surface area contributed by atoms with E-state index in [1.807, 2.05) is 0 Å². The minimum Gasteiger partial charge on any atom is -0.325 e. The second-order valence-corrected chi connectivity index (χ2v) is 6.37. The molecule has 7 heteroatoms. The van der Waals surface area contributed by atoms with Crippen molar-refractivity contribution in [3.63, 3.8) is 0 Å². The summed E-state index contributed by atoms with van der Waals surface area (Å²) in [5.41, 5.74) is 1.21. The van der Waals surface area contributed by atoms with Crippen LogP contribution in [0.4, 0.5) is 15.8 Å². The van der Waals surface area contributed by atoms with E-state index in [4.69, 9.17) is 0 Å². The molecule has 1 N–H and O–H groups in total. The fraction of sp³-hybridized carbons (Fsp3) is 0.188. The number of carbonyl (C=O) groups is 1. The molecule has 0 aliphatic heterocycles. The Morgan fingerprint density at radius 2 is 1.91 bits per heavy atom. The zero-order chi connectivity index (χ0) is 17.0. The molecule has 23 heavy (non-hydrogen) atoms. The predicted octanol–water partition coefficient (Wildman–Crippen LogP) is 4.16. The summed E-state index contributed by atoms with van der Waals surface area (Å²) in [6.45, 7) is 3.45. The van der Waals surface area contributed by atoms with Crippen LogP contribution in [0.5, 0.6) is 0 Å². The summed E-state index contributed by atoms with van der Waals surface area (Å²) in [6.07, 6.45) is 0. The Morgan fingerprint density at radius 3 is 2.48 bits per heavy atom. The zero-order valence-corrected chi connectivity index (χ0v) is 13.4. The Balaban J connectivity index is 2.00. The van der Waals surface area contributed by atoms with Gasteiger partial charge in [0.25, 0.3) is 5.69 Å². The number of thioether (sulfide) groups is 1. The van der Waals surface area contributed by atoms with E-state index < -0.39 is 10.2 Å². The molecule has 0 aliphatic rings. The highest BCUT2D eigenvalue weighted by Crippen LogP contribution is 2.26. The number of rotatable bonds is 5. The SMILES string of the molecule is Cc1cc(F)ccc1NC(=O)[C@@H](C)Sc1ccc([N+](=O)[O-])cc1. The van der Waals surface area contributed by atoms with Crippen LogP contribution < -0.4 is 5.32 Å². The van der Waals surface area contributed by atoms with Crippen molar-refractivity contribution in [3.8, 4) is 0 Å². The van der Waals surface area contributed by atoms with Gasteiger partial charge >= 0.3 is 0 Å². The molecule has 0 radical (unpaired) electrons. The summed E-state index contributed by atoms with van der Waals surface area (Å²) in [6, 6.07) is 10.2. The monoisotopic (exact) mass is 334 g/mol. The summed E-state index contributed by atoms with van der Waals surface area (Å²) in [4.78, 5) is 23.1. The minimum atomic E-state index is -0.470. The number of hydrogen-bond acceptors (Lipinski definition) is 4. The number of hydrogen-bond donors (Lipinski definition) is 1. The highest BCUT2D eigenvalue weighted by atomic mass is 32.2. The van der Waals surface area contributed by atoms with Gasteiger partial charge in [0.2, 0.25) is 5.91 Å². The van der Waals surface area contributed by atoms with E-state index in [-0.39, 0.29) is 17.4 Å². The lowest BCUT2D eigenvalue weighted by molar-refractivity contribution is -0.384. The molecule has 0 aromatic heterocycles. The summed E-state index contributed by atoms with van der Waals surface area (Å²) in [5, 5.41) is 13.0. The zero-order valence-electron chi connectivity index (χ0n) is 12.6. The third kappa shape index (κ3) is 4.53. The molecule has 2 aromatic rings. The normalized spacial score (nSPS) is 11.8. The number of non-ortho nitro benzene ring substituents is 1. The van der Waals surface area contributed by atoms with Crippen molar-refractivity contribution in [1.29, 1.82) is 0 Å². The van der Waals surface area contributed by atoms with Gasteiger partial charge in [0.1, 0.15) is 5.82 Å². The number of carbonyl (C=O) groups excluding carboxylic acids is 1. The van der Waals surface area contributed by atoms with Gasteiger partial charge in [-0.1, -0.05) is 0 Å². The van der Waals surface area contributed by atoms with Crippen molar-refractivity contribution in [2.75, 3.05) is 5.32 Å². The van der Waals surface area contributed by atoms with E-state index in [0.29, 0.717) is 11.3 Å². The van der Waals surface area contributed by atoms with Crippen molar-refractivity contribution in [3.05, 3.63) is 64.0 Å². The molecule has 5 nitrogen and oxygen atoms in total. The molecule has 2 rings (SSSR count). The summed E-state index contributed by atoms with van der Waals surface area (Å²) < 4.78 is 13.1. The fourth-order valence-corrected chi connectivity index (χ4v) is 2.77. The Morgan fingerprint density at radius 1 is 1.26 bits per heavy atom. The number of aryl methyl sites for hydroxylation is 1. The maximum absolute atomic E-state index is 13.1. The molecule has 0 spiro atoms. The van der Waals surface area contributed by atoms with Gasteiger partial charge in [-0.3, -0.25) is 14.9 Å².